The van der Waals surface area contributed by atoms with Crippen LogP contribution >= 0.6 is 0 Å². The number of nitrogens with zero attached hydrogens (tertiary/aromatic N) is 3. The summed E-state index contributed by atoms with van der Waals surface area (Å²) >= 11 is 0. The predicted octanol–water partition coefficient (Wildman–Crippen LogP) is 0.925. The monoisotopic (exact) mass is 401 g/mol. The van der Waals surface area contributed by atoms with Gasteiger partial charge < -0.3 is 20.4 Å². The third-order valence-electron chi connectivity index (χ3n) is 5.72. The van der Waals surface area contributed by atoms with E-state index in [1.165, 1.54) is 31.9 Å². The second-order valence-electron chi connectivity index (χ2n) is 8.07. The molecule has 1 aliphatic heterocycles. The lowest BCUT2D eigenvalue weighted by Gasteiger charge is -2.33. The molecular formula is C19H39N5O2S. The van der Waals surface area contributed by atoms with Crippen LogP contribution in [0, 0.1) is 0 Å². The summed E-state index contributed by atoms with van der Waals surface area (Å²) in [6.45, 7) is 7.30. The number of aliphatic imine (C=N–C) groups is 1. The fourth-order valence-corrected chi connectivity index (χ4v) is 4.55. The van der Waals surface area contributed by atoms with Gasteiger partial charge in [-0.2, -0.15) is 0 Å². The van der Waals surface area contributed by atoms with Crippen molar-refractivity contribution in [2.45, 2.75) is 57.5 Å². The van der Waals surface area contributed by atoms with Crippen LogP contribution in [0.25, 0.3) is 0 Å². The van der Waals surface area contributed by atoms with Crippen LogP contribution in [0.1, 0.15) is 45.4 Å². The molecule has 0 aromatic heterocycles. The molecule has 1 aliphatic carbocycles. The van der Waals surface area contributed by atoms with Gasteiger partial charge in [0, 0.05) is 51.1 Å². The number of hydrogen-bond acceptors (Lipinski definition) is 5. The molecule has 158 valence electrons. The van der Waals surface area contributed by atoms with Crippen molar-refractivity contribution in [2.75, 3.05) is 58.3 Å². The zero-order chi connectivity index (χ0) is 19.7. The van der Waals surface area contributed by atoms with E-state index in [0.29, 0.717) is 12.6 Å². The Hall–Kier alpha value is -0.860. The molecule has 27 heavy (non-hydrogen) atoms. The lowest BCUT2D eigenvalue weighted by molar-refractivity contribution is 0.216. The Bertz CT molecular complexity index is 552. The number of sulfone groups is 1. The van der Waals surface area contributed by atoms with Crippen molar-refractivity contribution in [3.8, 4) is 0 Å². The minimum Gasteiger partial charge on any atom is -0.357 e. The molecule has 0 unspecified atom stereocenters. The van der Waals surface area contributed by atoms with Crippen LogP contribution in [-0.2, 0) is 9.84 Å². The van der Waals surface area contributed by atoms with Gasteiger partial charge in [-0.05, 0) is 39.7 Å². The summed E-state index contributed by atoms with van der Waals surface area (Å²) in [7, 11) is -0.657. The molecule has 7 nitrogen and oxygen atoms in total. The summed E-state index contributed by atoms with van der Waals surface area (Å²) in [6, 6.07) is 1.15. The molecule has 2 fully saturated rings. The van der Waals surface area contributed by atoms with Crippen LogP contribution in [0.4, 0.5) is 0 Å². The fourth-order valence-electron chi connectivity index (χ4n) is 3.96. The van der Waals surface area contributed by atoms with Crippen LogP contribution in [-0.4, -0.2) is 94.6 Å². The average molecular weight is 402 g/mol. The van der Waals surface area contributed by atoms with E-state index in [-0.39, 0.29) is 5.75 Å². The van der Waals surface area contributed by atoms with E-state index in [1.807, 2.05) is 0 Å². The number of nitrogens with one attached hydrogen (secondary N) is 2. The van der Waals surface area contributed by atoms with Gasteiger partial charge in [0.2, 0.25) is 0 Å². The van der Waals surface area contributed by atoms with Gasteiger partial charge >= 0.3 is 0 Å². The number of rotatable bonds is 9. The van der Waals surface area contributed by atoms with Gasteiger partial charge in [0.15, 0.2) is 5.96 Å². The van der Waals surface area contributed by atoms with E-state index in [2.05, 4.69) is 34.4 Å². The number of piperidine rings is 1. The van der Waals surface area contributed by atoms with Crippen molar-refractivity contribution in [1.29, 1.82) is 0 Å². The van der Waals surface area contributed by atoms with Crippen molar-refractivity contribution in [3.63, 3.8) is 0 Å². The van der Waals surface area contributed by atoms with Gasteiger partial charge in [0.1, 0.15) is 9.84 Å². The first kappa shape index (κ1) is 22.4. The van der Waals surface area contributed by atoms with Gasteiger partial charge in [-0.15, -0.1) is 0 Å². The highest BCUT2D eigenvalue weighted by atomic mass is 32.2. The minimum atomic E-state index is -2.88. The van der Waals surface area contributed by atoms with Crippen molar-refractivity contribution in [2.24, 2.45) is 4.99 Å². The maximum Gasteiger partial charge on any atom is 0.191 e. The van der Waals surface area contributed by atoms with Gasteiger partial charge in [-0.1, -0.05) is 12.8 Å². The number of likely N-dealkylation sites (tertiary alicyclic amines) is 1. The smallest absolute Gasteiger partial charge is 0.191 e. The molecule has 0 aromatic carbocycles. The van der Waals surface area contributed by atoms with E-state index in [1.54, 1.807) is 0 Å². The fraction of sp³-hybridized carbons (Fsp3) is 0.947. The van der Waals surface area contributed by atoms with Gasteiger partial charge in [-0.3, -0.25) is 4.99 Å². The Labute approximate surface area is 165 Å². The Morgan fingerprint density at radius 3 is 2.44 bits per heavy atom. The first-order chi connectivity index (χ1) is 12.9. The average Bonchev–Trinajstić information content (AvgIpc) is 3.15. The highest BCUT2D eigenvalue weighted by Gasteiger charge is 2.21. The third kappa shape index (κ3) is 8.79. The number of guanidine groups is 1. The number of hydrogen-bond donors (Lipinski definition) is 2. The molecular weight excluding hydrogens is 362 g/mol. The molecule has 2 aliphatic rings. The summed E-state index contributed by atoms with van der Waals surface area (Å²) in [5, 5.41) is 6.93. The third-order valence-corrected chi connectivity index (χ3v) is 6.65. The molecule has 0 aromatic rings. The maximum absolute atomic E-state index is 11.3. The normalized spacial score (nSPS) is 21.1. The summed E-state index contributed by atoms with van der Waals surface area (Å²) in [5.74, 6) is 1.16. The SMILES string of the molecule is CCNC(=NCCN(C)C1CCCC1)NC1CCN(CCS(C)(=O)=O)CC1. The zero-order valence-electron chi connectivity index (χ0n) is 17.4. The molecule has 1 saturated heterocycles. The first-order valence-electron chi connectivity index (χ1n) is 10.5. The van der Waals surface area contributed by atoms with Crippen LogP contribution < -0.4 is 10.6 Å². The number of likely N-dealkylation sites (N-methyl/N-ethyl adjacent to an activating group) is 1. The predicted molar refractivity (Wildman–Crippen MR) is 113 cm³/mol. The lowest BCUT2D eigenvalue weighted by atomic mass is 10.1. The Morgan fingerprint density at radius 1 is 1.19 bits per heavy atom. The van der Waals surface area contributed by atoms with Crippen LogP contribution in [0.15, 0.2) is 4.99 Å². The Balaban J connectivity index is 1.71. The standard InChI is InChI=1S/C19H39N5O2S/c1-4-20-19(21-11-14-23(2)18-7-5-6-8-18)22-17-9-12-24(13-10-17)15-16-27(3,25)26/h17-18H,4-16H2,1-3H3,(H2,20,21,22). The molecule has 0 amide bonds. The van der Waals surface area contributed by atoms with Gasteiger partial charge in [-0.25, -0.2) is 8.42 Å². The van der Waals surface area contributed by atoms with E-state index in [4.69, 9.17) is 4.99 Å². The molecule has 1 heterocycles. The summed E-state index contributed by atoms with van der Waals surface area (Å²) in [5.41, 5.74) is 0. The Morgan fingerprint density at radius 2 is 1.85 bits per heavy atom. The van der Waals surface area contributed by atoms with Crippen LogP contribution in [0.5, 0.6) is 0 Å². The molecule has 2 N–H and O–H groups in total. The quantitative estimate of drug-likeness (QED) is 0.442. The molecule has 1 saturated carbocycles. The van der Waals surface area contributed by atoms with E-state index in [0.717, 1.165) is 57.6 Å². The summed E-state index contributed by atoms with van der Waals surface area (Å²) < 4.78 is 22.6. The van der Waals surface area contributed by atoms with Crippen molar-refractivity contribution >= 4 is 15.8 Å². The van der Waals surface area contributed by atoms with E-state index >= 15 is 0 Å². The molecule has 0 radical (unpaired) electrons. The van der Waals surface area contributed by atoms with Crippen molar-refractivity contribution in [3.05, 3.63) is 0 Å². The van der Waals surface area contributed by atoms with Crippen molar-refractivity contribution in [1.82, 2.24) is 20.4 Å². The van der Waals surface area contributed by atoms with Crippen molar-refractivity contribution < 1.29 is 8.42 Å². The highest BCUT2D eigenvalue weighted by molar-refractivity contribution is 7.90. The Kier molecular flexibility index (Phi) is 9.32. The zero-order valence-corrected chi connectivity index (χ0v) is 18.2. The maximum atomic E-state index is 11.3. The minimum absolute atomic E-state index is 0.254. The van der Waals surface area contributed by atoms with E-state index in [9.17, 15) is 8.42 Å². The topological polar surface area (TPSA) is 77.0 Å². The second kappa shape index (κ2) is 11.2. The summed E-state index contributed by atoms with van der Waals surface area (Å²) in [6.07, 6.45) is 8.75. The first-order valence-corrected chi connectivity index (χ1v) is 12.6. The van der Waals surface area contributed by atoms with E-state index < -0.39 is 9.84 Å². The van der Waals surface area contributed by atoms with Gasteiger partial charge in [0.05, 0.1) is 12.3 Å². The molecule has 0 atom stereocenters. The van der Waals surface area contributed by atoms with Gasteiger partial charge in [0.25, 0.3) is 0 Å². The molecule has 2 rings (SSSR count). The molecule has 8 heteroatoms. The molecule has 0 spiro atoms. The van der Waals surface area contributed by atoms with Crippen LogP contribution in [0.3, 0.4) is 0 Å². The lowest BCUT2D eigenvalue weighted by Crippen LogP contribution is -2.49. The van der Waals surface area contributed by atoms with Crippen LogP contribution in [0.2, 0.25) is 0 Å². The largest absolute Gasteiger partial charge is 0.357 e. The highest BCUT2D eigenvalue weighted by Crippen LogP contribution is 2.21. The summed E-state index contributed by atoms with van der Waals surface area (Å²) in [4.78, 5) is 9.47. The molecule has 0 bridgehead atoms. The second-order valence-corrected chi connectivity index (χ2v) is 10.3.